The molecule has 0 aliphatic heterocycles. The third-order valence-electron chi connectivity index (χ3n) is 4.25. The smallest absolute Gasteiger partial charge is 0.311 e. The van der Waals surface area contributed by atoms with Gasteiger partial charge in [0.25, 0.3) is 0 Å². The summed E-state index contributed by atoms with van der Waals surface area (Å²) in [6, 6.07) is 11.4. The molecule has 0 aromatic heterocycles. The Balaban J connectivity index is 2.41. The zero-order valence-electron chi connectivity index (χ0n) is 14.6. The van der Waals surface area contributed by atoms with Crippen molar-refractivity contribution in [3.8, 4) is 11.5 Å². The van der Waals surface area contributed by atoms with Crippen molar-refractivity contribution in [3.63, 3.8) is 0 Å². The average Bonchev–Trinajstić information content (AvgIpc) is 2.59. The Morgan fingerprint density at radius 3 is 2.25 bits per heavy atom. The molecule has 0 bridgehead atoms. The topological polar surface area (TPSA) is 55.8 Å². The summed E-state index contributed by atoms with van der Waals surface area (Å²) in [5, 5.41) is 9.74. The van der Waals surface area contributed by atoms with Crippen LogP contribution in [0.5, 0.6) is 11.5 Å². The van der Waals surface area contributed by atoms with Gasteiger partial charge in [-0.25, -0.2) is 0 Å². The Hall–Kier alpha value is -2.49. The van der Waals surface area contributed by atoms with E-state index in [1.54, 1.807) is 14.2 Å². The number of benzene rings is 2. The molecule has 0 radical (unpaired) electrons. The second-order valence-corrected chi connectivity index (χ2v) is 5.84. The number of carbonyl (C=O) groups is 1. The van der Waals surface area contributed by atoms with Gasteiger partial charge in [0.1, 0.15) is 11.5 Å². The molecule has 1 atom stereocenters. The van der Waals surface area contributed by atoms with Gasteiger partial charge in [-0.1, -0.05) is 36.8 Å². The molecule has 2 aromatic rings. The summed E-state index contributed by atoms with van der Waals surface area (Å²) in [6.07, 6.45) is 1.17. The van der Waals surface area contributed by atoms with Gasteiger partial charge in [0.05, 0.1) is 20.1 Å². The fraction of sp³-hybridized carbons (Fsp3) is 0.350. The maximum Gasteiger partial charge on any atom is 0.311 e. The molecule has 0 aliphatic carbocycles. The number of hydrogen-bond donors (Lipinski definition) is 1. The highest BCUT2D eigenvalue weighted by Gasteiger charge is 2.23. The highest BCUT2D eigenvalue weighted by atomic mass is 16.5. The van der Waals surface area contributed by atoms with Crippen molar-refractivity contribution in [1.82, 2.24) is 0 Å². The van der Waals surface area contributed by atoms with Gasteiger partial charge in [0.2, 0.25) is 0 Å². The number of ether oxygens (including phenoxy) is 2. The lowest BCUT2D eigenvalue weighted by molar-refractivity contribution is -0.138. The molecule has 0 heterocycles. The first-order chi connectivity index (χ1) is 11.5. The Morgan fingerprint density at radius 2 is 1.67 bits per heavy atom. The van der Waals surface area contributed by atoms with Crippen LogP contribution in [0.4, 0.5) is 0 Å². The first-order valence-corrected chi connectivity index (χ1v) is 8.03. The third kappa shape index (κ3) is 3.88. The van der Waals surface area contributed by atoms with E-state index in [1.807, 2.05) is 50.2 Å². The minimum Gasteiger partial charge on any atom is -0.496 e. The lowest BCUT2D eigenvalue weighted by Crippen LogP contribution is -2.15. The summed E-state index contributed by atoms with van der Waals surface area (Å²) in [5.41, 5.74) is 3.78. The van der Waals surface area contributed by atoms with Crippen molar-refractivity contribution >= 4 is 5.97 Å². The van der Waals surface area contributed by atoms with E-state index in [1.165, 1.54) is 0 Å². The van der Waals surface area contributed by atoms with Crippen LogP contribution in [0, 0.1) is 6.92 Å². The minimum absolute atomic E-state index is 0.385. The molecule has 0 spiro atoms. The second kappa shape index (κ2) is 7.86. The Kier molecular flexibility index (Phi) is 5.85. The first kappa shape index (κ1) is 17.9. The Bertz CT molecular complexity index is 722. The summed E-state index contributed by atoms with van der Waals surface area (Å²) in [5.74, 6) is 0.0392. The highest BCUT2D eigenvalue weighted by Crippen LogP contribution is 2.30. The molecular formula is C20H24O4. The molecule has 24 heavy (non-hydrogen) atoms. The van der Waals surface area contributed by atoms with Gasteiger partial charge in [0.15, 0.2) is 0 Å². The van der Waals surface area contributed by atoms with Crippen LogP contribution in [-0.4, -0.2) is 25.3 Å². The van der Waals surface area contributed by atoms with E-state index in [4.69, 9.17) is 9.47 Å². The normalized spacial score (nSPS) is 11.8. The lowest BCUT2D eigenvalue weighted by atomic mass is 9.89. The number of carboxylic acids is 1. The molecule has 4 heteroatoms. The number of aliphatic carboxylic acids is 1. The molecule has 1 unspecified atom stereocenters. The van der Waals surface area contributed by atoms with Gasteiger partial charge in [-0.15, -0.1) is 0 Å². The number of hydrogen-bond acceptors (Lipinski definition) is 3. The minimum atomic E-state index is -0.842. The van der Waals surface area contributed by atoms with Crippen LogP contribution in [0.25, 0.3) is 0 Å². The van der Waals surface area contributed by atoms with Crippen molar-refractivity contribution in [2.45, 2.75) is 32.6 Å². The van der Waals surface area contributed by atoms with Crippen LogP contribution >= 0.6 is 0 Å². The number of aryl methyl sites for hydroxylation is 2. The maximum atomic E-state index is 11.9. The SMILES string of the molecule is CCc1cc(C(Cc2cc(C)ccc2OC)C(=O)O)ccc1OC. The van der Waals surface area contributed by atoms with Crippen LogP contribution < -0.4 is 9.47 Å². The summed E-state index contributed by atoms with van der Waals surface area (Å²) >= 11 is 0. The fourth-order valence-electron chi connectivity index (χ4n) is 2.93. The third-order valence-corrected chi connectivity index (χ3v) is 4.25. The lowest BCUT2D eigenvalue weighted by Gasteiger charge is -2.17. The van der Waals surface area contributed by atoms with Crippen molar-refractivity contribution < 1.29 is 19.4 Å². The monoisotopic (exact) mass is 328 g/mol. The molecule has 1 N–H and O–H groups in total. The van der Waals surface area contributed by atoms with E-state index < -0.39 is 11.9 Å². The van der Waals surface area contributed by atoms with Gasteiger partial charge >= 0.3 is 5.97 Å². The summed E-state index contributed by atoms with van der Waals surface area (Å²) in [7, 11) is 3.23. The fourth-order valence-corrected chi connectivity index (χ4v) is 2.93. The molecule has 2 rings (SSSR count). The molecular weight excluding hydrogens is 304 g/mol. The molecule has 128 valence electrons. The quantitative estimate of drug-likeness (QED) is 0.835. The molecule has 0 aliphatic rings. The van der Waals surface area contributed by atoms with Crippen LogP contribution in [0.1, 0.15) is 35.1 Å². The van der Waals surface area contributed by atoms with E-state index in [9.17, 15) is 9.90 Å². The molecule has 0 fully saturated rings. The average molecular weight is 328 g/mol. The molecule has 0 amide bonds. The van der Waals surface area contributed by atoms with Crippen LogP contribution in [0.2, 0.25) is 0 Å². The van der Waals surface area contributed by atoms with E-state index in [0.717, 1.165) is 40.2 Å². The van der Waals surface area contributed by atoms with Gasteiger partial charge in [-0.05, 0) is 48.6 Å². The zero-order valence-corrected chi connectivity index (χ0v) is 14.6. The van der Waals surface area contributed by atoms with Gasteiger partial charge < -0.3 is 14.6 Å². The number of rotatable bonds is 7. The standard InChI is InChI=1S/C20H24O4/c1-5-14-11-15(7-9-18(14)23-3)17(20(21)22)12-16-10-13(2)6-8-19(16)24-4/h6-11,17H,5,12H2,1-4H3,(H,21,22). The van der Waals surface area contributed by atoms with E-state index in [2.05, 4.69) is 0 Å². The summed E-state index contributed by atoms with van der Waals surface area (Å²) < 4.78 is 10.7. The van der Waals surface area contributed by atoms with Gasteiger partial charge in [-0.3, -0.25) is 4.79 Å². The Labute approximate surface area is 143 Å². The second-order valence-electron chi connectivity index (χ2n) is 5.84. The number of methoxy groups -OCH3 is 2. The van der Waals surface area contributed by atoms with E-state index >= 15 is 0 Å². The Morgan fingerprint density at radius 1 is 1.04 bits per heavy atom. The predicted molar refractivity (Wildman–Crippen MR) is 94.2 cm³/mol. The van der Waals surface area contributed by atoms with E-state index in [0.29, 0.717) is 6.42 Å². The van der Waals surface area contributed by atoms with Crippen molar-refractivity contribution in [3.05, 3.63) is 58.7 Å². The first-order valence-electron chi connectivity index (χ1n) is 8.03. The van der Waals surface area contributed by atoms with Gasteiger partial charge in [-0.2, -0.15) is 0 Å². The van der Waals surface area contributed by atoms with Crippen molar-refractivity contribution in [2.24, 2.45) is 0 Å². The van der Waals surface area contributed by atoms with E-state index in [-0.39, 0.29) is 0 Å². The maximum absolute atomic E-state index is 11.9. The summed E-state index contributed by atoms with van der Waals surface area (Å²) in [6.45, 7) is 4.02. The van der Waals surface area contributed by atoms with Gasteiger partial charge in [0, 0.05) is 0 Å². The molecule has 4 nitrogen and oxygen atoms in total. The van der Waals surface area contributed by atoms with Crippen molar-refractivity contribution in [1.29, 1.82) is 0 Å². The summed E-state index contributed by atoms with van der Waals surface area (Å²) in [4.78, 5) is 11.9. The zero-order chi connectivity index (χ0) is 17.7. The number of carboxylic acid groups (broad SMARTS) is 1. The molecule has 0 saturated carbocycles. The molecule has 2 aromatic carbocycles. The predicted octanol–water partition coefficient (Wildman–Crippen LogP) is 3.99. The van der Waals surface area contributed by atoms with Crippen LogP contribution in [0.3, 0.4) is 0 Å². The van der Waals surface area contributed by atoms with Crippen LogP contribution in [0.15, 0.2) is 36.4 Å². The van der Waals surface area contributed by atoms with Crippen LogP contribution in [-0.2, 0) is 17.6 Å². The largest absolute Gasteiger partial charge is 0.496 e. The molecule has 0 saturated heterocycles. The van der Waals surface area contributed by atoms with Crippen molar-refractivity contribution in [2.75, 3.05) is 14.2 Å². The highest BCUT2D eigenvalue weighted by molar-refractivity contribution is 5.77.